The highest BCUT2D eigenvalue weighted by atomic mass is 32.2. The number of fused-ring (bicyclic) bond motifs is 3. The largest absolute Gasteiger partial charge is 0.497 e. The average Bonchev–Trinajstić information content (AvgIpc) is 3.13. The number of carbonyl (C=O) groups is 1. The lowest BCUT2D eigenvalue weighted by Gasteiger charge is -2.11. The standard InChI is InChI=1S/C23H21NO6S/c1-4-30-23(25)17-11-13-20-21(22(17)29-3)18-14-15(28-2)10-12-19(18)24(20)31(26,27)16-8-6-5-7-9-16/h5-14H,4H2,1-3H3. The number of hydrogen-bond donors (Lipinski definition) is 0. The van der Waals surface area contributed by atoms with Crippen LogP contribution in [0, 0.1) is 0 Å². The highest BCUT2D eigenvalue weighted by Gasteiger charge is 2.27. The summed E-state index contributed by atoms with van der Waals surface area (Å²) in [6.45, 7) is 1.92. The quantitative estimate of drug-likeness (QED) is 0.418. The van der Waals surface area contributed by atoms with Gasteiger partial charge in [0.25, 0.3) is 10.0 Å². The molecule has 8 heteroatoms. The molecule has 0 bridgehead atoms. The Balaban J connectivity index is 2.16. The van der Waals surface area contributed by atoms with Gasteiger partial charge in [0.05, 0.1) is 42.1 Å². The minimum Gasteiger partial charge on any atom is -0.497 e. The Morgan fingerprint density at radius 1 is 0.935 bits per heavy atom. The van der Waals surface area contributed by atoms with Gasteiger partial charge in [-0.05, 0) is 49.4 Å². The molecule has 4 rings (SSSR count). The molecule has 31 heavy (non-hydrogen) atoms. The average molecular weight is 439 g/mol. The lowest BCUT2D eigenvalue weighted by Crippen LogP contribution is -2.13. The number of rotatable bonds is 6. The van der Waals surface area contributed by atoms with Crippen LogP contribution >= 0.6 is 0 Å². The third-order valence-corrected chi connectivity index (χ3v) is 6.77. The van der Waals surface area contributed by atoms with E-state index in [0.29, 0.717) is 27.6 Å². The van der Waals surface area contributed by atoms with Crippen LogP contribution in [-0.2, 0) is 14.8 Å². The van der Waals surface area contributed by atoms with Crippen molar-refractivity contribution in [3.05, 3.63) is 66.2 Å². The van der Waals surface area contributed by atoms with Gasteiger partial charge in [-0.1, -0.05) is 18.2 Å². The first kappa shape index (κ1) is 20.7. The van der Waals surface area contributed by atoms with Gasteiger partial charge in [0.1, 0.15) is 17.1 Å². The van der Waals surface area contributed by atoms with Crippen LogP contribution in [0.1, 0.15) is 17.3 Å². The van der Waals surface area contributed by atoms with Crippen LogP contribution < -0.4 is 9.47 Å². The van der Waals surface area contributed by atoms with E-state index in [4.69, 9.17) is 14.2 Å². The lowest BCUT2D eigenvalue weighted by atomic mass is 10.1. The molecular weight excluding hydrogens is 418 g/mol. The highest BCUT2D eigenvalue weighted by molar-refractivity contribution is 7.90. The predicted molar refractivity (Wildman–Crippen MR) is 118 cm³/mol. The van der Waals surface area contributed by atoms with E-state index in [1.807, 2.05) is 0 Å². The number of carbonyl (C=O) groups excluding carboxylic acids is 1. The second-order valence-electron chi connectivity index (χ2n) is 6.73. The fourth-order valence-electron chi connectivity index (χ4n) is 3.69. The number of ether oxygens (including phenoxy) is 3. The van der Waals surface area contributed by atoms with Crippen molar-refractivity contribution < 1.29 is 27.4 Å². The van der Waals surface area contributed by atoms with Gasteiger partial charge in [-0.25, -0.2) is 17.2 Å². The molecular formula is C23H21NO6S. The molecule has 0 aliphatic heterocycles. The Labute approximate surface area is 179 Å². The molecule has 0 saturated carbocycles. The molecule has 0 aliphatic carbocycles. The zero-order valence-electron chi connectivity index (χ0n) is 17.3. The molecule has 0 N–H and O–H groups in total. The smallest absolute Gasteiger partial charge is 0.341 e. The Morgan fingerprint density at radius 2 is 1.65 bits per heavy atom. The van der Waals surface area contributed by atoms with Gasteiger partial charge in [0, 0.05) is 5.39 Å². The topological polar surface area (TPSA) is 83.8 Å². The summed E-state index contributed by atoms with van der Waals surface area (Å²) < 4.78 is 44.6. The first-order chi connectivity index (χ1) is 14.9. The number of hydrogen-bond acceptors (Lipinski definition) is 6. The van der Waals surface area contributed by atoms with E-state index in [1.54, 1.807) is 61.5 Å². The van der Waals surface area contributed by atoms with Gasteiger partial charge in [0.15, 0.2) is 0 Å². The fraction of sp³-hybridized carbons (Fsp3) is 0.174. The number of esters is 1. The van der Waals surface area contributed by atoms with Crippen LogP contribution in [0.5, 0.6) is 11.5 Å². The number of methoxy groups -OCH3 is 2. The molecule has 1 aromatic heterocycles. The maximum absolute atomic E-state index is 13.6. The maximum atomic E-state index is 13.6. The summed E-state index contributed by atoms with van der Waals surface area (Å²) in [6.07, 6.45) is 0. The van der Waals surface area contributed by atoms with E-state index in [0.717, 1.165) is 0 Å². The summed E-state index contributed by atoms with van der Waals surface area (Å²) in [5.74, 6) is 0.249. The van der Waals surface area contributed by atoms with Gasteiger partial charge in [0.2, 0.25) is 0 Å². The Bertz CT molecular complexity index is 1390. The van der Waals surface area contributed by atoms with Crippen LogP contribution in [0.15, 0.2) is 65.6 Å². The zero-order chi connectivity index (χ0) is 22.2. The van der Waals surface area contributed by atoms with Gasteiger partial charge in [-0.2, -0.15) is 0 Å². The van der Waals surface area contributed by atoms with E-state index in [9.17, 15) is 13.2 Å². The van der Waals surface area contributed by atoms with Gasteiger partial charge in [-0.3, -0.25) is 0 Å². The highest BCUT2D eigenvalue weighted by Crippen LogP contribution is 2.41. The van der Waals surface area contributed by atoms with Crippen LogP contribution in [-0.4, -0.2) is 39.2 Å². The normalized spacial score (nSPS) is 11.6. The fourth-order valence-corrected chi connectivity index (χ4v) is 5.23. The van der Waals surface area contributed by atoms with Gasteiger partial charge in [-0.15, -0.1) is 0 Å². The lowest BCUT2D eigenvalue weighted by molar-refractivity contribution is 0.0523. The summed E-state index contributed by atoms with van der Waals surface area (Å²) in [5, 5.41) is 1.07. The van der Waals surface area contributed by atoms with Crippen LogP contribution in [0.3, 0.4) is 0 Å². The van der Waals surface area contributed by atoms with Crippen molar-refractivity contribution in [3.63, 3.8) is 0 Å². The Morgan fingerprint density at radius 3 is 2.29 bits per heavy atom. The summed E-state index contributed by atoms with van der Waals surface area (Å²) >= 11 is 0. The summed E-state index contributed by atoms with van der Waals surface area (Å²) in [6, 6.07) is 16.4. The minimum atomic E-state index is -3.93. The number of benzene rings is 3. The van der Waals surface area contributed by atoms with E-state index in [-0.39, 0.29) is 22.8 Å². The van der Waals surface area contributed by atoms with Crippen molar-refractivity contribution in [2.75, 3.05) is 20.8 Å². The summed E-state index contributed by atoms with van der Waals surface area (Å²) in [4.78, 5) is 12.7. The van der Waals surface area contributed by atoms with Crippen molar-refractivity contribution in [2.45, 2.75) is 11.8 Å². The first-order valence-corrected chi connectivity index (χ1v) is 11.0. The molecule has 3 aromatic carbocycles. The molecule has 0 saturated heterocycles. The van der Waals surface area contributed by atoms with E-state index >= 15 is 0 Å². The third-order valence-electron chi connectivity index (χ3n) is 5.03. The molecule has 0 aliphatic rings. The molecule has 1 heterocycles. The maximum Gasteiger partial charge on any atom is 0.341 e. The van der Waals surface area contributed by atoms with Gasteiger partial charge >= 0.3 is 5.97 Å². The predicted octanol–water partition coefficient (Wildman–Crippen LogP) is 4.23. The molecule has 0 spiro atoms. The number of aromatic nitrogens is 1. The molecule has 0 radical (unpaired) electrons. The van der Waals surface area contributed by atoms with E-state index in [1.165, 1.54) is 24.3 Å². The molecule has 0 amide bonds. The van der Waals surface area contributed by atoms with Crippen LogP contribution in [0.4, 0.5) is 0 Å². The third kappa shape index (κ3) is 3.29. The van der Waals surface area contributed by atoms with E-state index < -0.39 is 16.0 Å². The van der Waals surface area contributed by atoms with Crippen molar-refractivity contribution in [2.24, 2.45) is 0 Å². The molecule has 4 aromatic rings. The Kier molecular flexibility index (Phi) is 5.32. The summed E-state index contributed by atoms with van der Waals surface area (Å²) in [5.41, 5.74) is 1.05. The van der Waals surface area contributed by atoms with Crippen molar-refractivity contribution in [1.82, 2.24) is 3.97 Å². The minimum absolute atomic E-state index is 0.151. The monoisotopic (exact) mass is 439 g/mol. The Hall–Kier alpha value is -3.52. The first-order valence-electron chi connectivity index (χ1n) is 9.61. The molecule has 0 fully saturated rings. The second-order valence-corrected chi connectivity index (χ2v) is 8.51. The van der Waals surface area contributed by atoms with Crippen LogP contribution in [0.25, 0.3) is 21.8 Å². The summed E-state index contributed by atoms with van der Waals surface area (Å²) in [7, 11) is -0.965. The molecule has 160 valence electrons. The van der Waals surface area contributed by atoms with Crippen LogP contribution in [0.2, 0.25) is 0 Å². The molecule has 0 unspecified atom stereocenters. The second kappa shape index (κ2) is 7.96. The van der Waals surface area contributed by atoms with Gasteiger partial charge < -0.3 is 14.2 Å². The zero-order valence-corrected chi connectivity index (χ0v) is 18.1. The van der Waals surface area contributed by atoms with Crippen molar-refractivity contribution >= 4 is 37.8 Å². The molecule has 7 nitrogen and oxygen atoms in total. The van der Waals surface area contributed by atoms with Crippen molar-refractivity contribution in [3.8, 4) is 11.5 Å². The SMILES string of the molecule is CCOC(=O)c1ccc2c(c1OC)c1cc(OC)ccc1n2S(=O)(=O)c1ccccc1. The van der Waals surface area contributed by atoms with E-state index in [2.05, 4.69) is 0 Å². The van der Waals surface area contributed by atoms with Crippen molar-refractivity contribution in [1.29, 1.82) is 0 Å². The number of nitrogens with zero attached hydrogens (tertiary/aromatic N) is 1. The molecule has 0 atom stereocenters.